The van der Waals surface area contributed by atoms with Gasteiger partial charge in [0.05, 0.1) is 0 Å². The van der Waals surface area contributed by atoms with E-state index in [1.807, 2.05) is 37.3 Å². The number of rotatable bonds is 6. The van der Waals surface area contributed by atoms with E-state index in [2.05, 4.69) is 0 Å². The van der Waals surface area contributed by atoms with Gasteiger partial charge in [0.2, 0.25) is 5.72 Å². The first kappa shape index (κ1) is 13.7. The normalized spacial score (nSPS) is 14.1. The zero-order valence-corrected chi connectivity index (χ0v) is 10.1. The highest BCUT2D eigenvalue weighted by molar-refractivity contribution is 5.78. The quantitative estimate of drug-likeness (QED) is 0.582. The van der Waals surface area contributed by atoms with Crippen molar-refractivity contribution in [2.45, 2.75) is 38.5 Å². The molecule has 0 radical (unpaired) electrons. The van der Waals surface area contributed by atoms with E-state index in [-0.39, 0.29) is 13.0 Å². The number of carbonyl (C=O) groups excluding carboxylic acids is 1. The molecule has 0 saturated heterocycles. The van der Waals surface area contributed by atoms with Gasteiger partial charge in [-0.25, -0.2) is 4.79 Å². The van der Waals surface area contributed by atoms with Crippen LogP contribution in [0, 0.1) is 0 Å². The molecular weight excluding hydrogens is 218 g/mol. The molecule has 0 spiro atoms. The van der Waals surface area contributed by atoms with Crippen LogP contribution in [0.25, 0.3) is 0 Å². The fourth-order valence-electron chi connectivity index (χ4n) is 1.40. The van der Waals surface area contributed by atoms with Gasteiger partial charge in [-0.05, 0) is 12.0 Å². The molecular formula is C13H19NO3. The van der Waals surface area contributed by atoms with Crippen LogP contribution in [-0.2, 0) is 16.1 Å². The van der Waals surface area contributed by atoms with Crippen molar-refractivity contribution in [2.24, 2.45) is 5.73 Å². The van der Waals surface area contributed by atoms with E-state index in [9.17, 15) is 9.90 Å². The van der Waals surface area contributed by atoms with Gasteiger partial charge in [-0.3, -0.25) is 5.73 Å². The summed E-state index contributed by atoms with van der Waals surface area (Å²) >= 11 is 0. The lowest BCUT2D eigenvalue weighted by Gasteiger charge is -2.20. The van der Waals surface area contributed by atoms with Crippen LogP contribution in [0.2, 0.25) is 0 Å². The number of ether oxygens (including phenoxy) is 1. The molecule has 0 heterocycles. The van der Waals surface area contributed by atoms with Crippen LogP contribution in [0.15, 0.2) is 30.3 Å². The van der Waals surface area contributed by atoms with Crippen LogP contribution in [0.3, 0.4) is 0 Å². The van der Waals surface area contributed by atoms with Crippen molar-refractivity contribution in [1.82, 2.24) is 0 Å². The largest absolute Gasteiger partial charge is 0.458 e. The van der Waals surface area contributed by atoms with Gasteiger partial charge in [0.1, 0.15) is 6.61 Å². The first-order valence-electron chi connectivity index (χ1n) is 5.78. The molecule has 1 unspecified atom stereocenters. The average molecular weight is 237 g/mol. The third kappa shape index (κ3) is 4.54. The number of aliphatic hydroxyl groups is 1. The lowest BCUT2D eigenvalue weighted by atomic mass is 10.1. The molecule has 1 atom stereocenters. The SMILES string of the molecule is CCCCC(N)(O)C(=O)OCc1ccccc1. The summed E-state index contributed by atoms with van der Waals surface area (Å²) in [5.74, 6) is -0.769. The summed E-state index contributed by atoms with van der Waals surface area (Å²) in [6.07, 6.45) is 1.77. The molecule has 0 saturated carbocycles. The Bertz CT molecular complexity index is 349. The van der Waals surface area contributed by atoms with Gasteiger partial charge in [0, 0.05) is 6.42 Å². The molecule has 0 aliphatic rings. The smallest absolute Gasteiger partial charge is 0.353 e. The summed E-state index contributed by atoms with van der Waals surface area (Å²) in [6, 6.07) is 9.28. The summed E-state index contributed by atoms with van der Waals surface area (Å²) in [7, 11) is 0. The first-order valence-corrected chi connectivity index (χ1v) is 5.78. The summed E-state index contributed by atoms with van der Waals surface area (Å²) in [6.45, 7) is 2.09. The molecule has 0 aliphatic carbocycles. The highest BCUT2D eigenvalue weighted by Gasteiger charge is 2.32. The lowest BCUT2D eigenvalue weighted by molar-refractivity contribution is -0.167. The maximum atomic E-state index is 11.5. The molecule has 0 fully saturated rings. The van der Waals surface area contributed by atoms with Crippen molar-refractivity contribution in [3.63, 3.8) is 0 Å². The zero-order chi connectivity index (χ0) is 12.7. The predicted octanol–water partition coefficient (Wildman–Crippen LogP) is 1.57. The van der Waals surface area contributed by atoms with Gasteiger partial charge in [0.15, 0.2) is 0 Å². The van der Waals surface area contributed by atoms with Gasteiger partial charge in [0.25, 0.3) is 0 Å². The van der Waals surface area contributed by atoms with Gasteiger partial charge in [-0.2, -0.15) is 0 Å². The summed E-state index contributed by atoms with van der Waals surface area (Å²) in [5.41, 5.74) is 4.49. The number of esters is 1. The Morgan fingerprint density at radius 1 is 1.41 bits per heavy atom. The minimum absolute atomic E-state index is 0.130. The Kier molecular flexibility index (Phi) is 5.12. The van der Waals surface area contributed by atoms with Crippen LogP contribution >= 0.6 is 0 Å². The van der Waals surface area contributed by atoms with Crippen molar-refractivity contribution in [2.75, 3.05) is 0 Å². The number of nitrogens with two attached hydrogens (primary N) is 1. The fourth-order valence-corrected chi connectivity index (χ4v) is 1.40. The van der Waals surface area contributed by atoms with Crippen molar-refractivity contribution < 1.29 is 14.6 Å². The molecule has 0 bridgehead atoms. The minimum Gasteiger partial charge on any atom is -0.458 e. The van der Waals surface area contributed by atoms with Crippen molar-refractivity contribution in [3.05, 3.63) is 35.9 Å². The van der Waals surface area contributed by atoms with Crippen LogP contribution in [-0.4, -0.2) is 16.8 Å². The van der Waals surface area contributed by atoms with Gasteiger partial charge >= 0.3 is 5.97 Å². The molecule has 1 aromatic rings. The zero-order valence-electron chi connectivity index (χ0n) is 10.1. The molecule has 17 heavy (non-hydrogen) atoms. The lowest BCUT2D eigenvalue weighted by Crippen LogP contribution is -2.48. The number of benzene rings is 1. The topological polar surface area (TPSA) is 72.5 Å². The molecule has 1 aromatic carbocycles. The summed E-state index contributed by atoms with van der Waals surface area (Å²) in [5, 5.41) is 9.70. The van der Waals surface area contributed by atoms with Crippen molar-refractivity contribution in [3.8, 4) is 0 Å². The van der Waals surface area contributed by atoms with E-state index in [0.29, 0.717) is 6.42 Å². The standard InChI is InChI=1S/C13H19NO3/c1-2-3-9-13(14,16)12(15)17-10-11-7-5-4-6-8-11/h4-8,16H,2-3,9-10,14H2,1H3. The number of unbranched alkanes of at least 4 members (excludes halogenated alkanes) is 1. The molecule has 94 valence electrons. The van der Waals surface area contributed by atoms with Crippen LogP contribution in [0.5, 0.6) is 0 Å². The van der Waals surface area contributed by atoms with Gasteiger partial charge < -0.3 is 9.84 Å². The maximum Gasteiger partial charge on any atom is 0.353 e. The Morgan fingerprint density at radius 3 is 2.65 bits per heavy atom. The van der Waals surface area contributed by atoms with Crippen LogP contribution in [0.1, 0.15) is 31.7 Å². The van der Waals surface area contributed by atoms with E-state index in [4.69, 9.17) is 10.5 Å². The monoisotopic (exact) mass is 237 g/mol. The molecule has 0 amide bonds. The third-order valence-electron chi connectivity index (χ3n) is 2.48. The first-order chi connectivity index (χ1) is 8.06. The second kappa shape index (κ2) is 6.37. The van der Waals surface area contributed by atoms with E-state index < -0.39 is 11.7 Å². The molecule has 0 aromatic heterocycles. The van der Waals surface area contributed by atoms with Crippen molar-refractivity contribution >= 4 is 5.97 Å². The second-order valence-corrected chi connectivity index (χ2v) is 4.09. The van der Waals surface area contributed by atoms with Crippen LogP contribution < -0.4 is 5.73 Å². The van der Waals surface area contributed by atoms with Gasteiger partial charge in [-0.15, -0.1) is 0 Å². The van der Waals surface area contributed by atoms with Gasteiger partial charge in [-0.1, -0.05) is 43.7 Å². The molecule has 3 N–H and O–H groups in total. The van der Waals surface area contributed by atoms with E-state index >= 15 is 0 Å². The predicted molar refractivity (Wildman–Crippen MR) is 64.9 cm³/mol. The Morgan fingerprint density at radius 2 is 2.06 bits per heavy atom. The average Bonchev–Trinajstić information content (AvgIpc) is 2.34. The Balaban J connectivity index is 2.44. The summed E-state index contributed by atoms with van der Waals surface area (Å²) in [4.78, 5) is 11.5. The molecule has 0 aliphatic heterocycles. The fraction of sp³-hybridized carbons (Fsp3) is 0.462. The highest BCUT2D eigenvalue weighted by atomic mass is 16.6. The number of hydrogen-bond acceptors (Lipinski definition) is 4. The van der Waals surface area contributed by atoms with Crippen LogP contribution in [0.4, 0.5) is 0 Å². The second-order valence-electron chi connectivity index (χ2n) is 4.09. The Labute approximate surface area is 101 Å². The molecule has 4 heteroatoms. The third-order valence-corrected chi connectivity index (χ3v) is 2.48. The highest BCUT2D eigenvalue weighted by Crippen LogP contribution is 2.11. The maximum absolute atomic E-state index is 11.5. The Hall–Kier alpha value is -1.39. The summed E-state index contributed by atoms with van der Waals surface area (Å²) < 4.78 is 4.98. The molecule has 1 rings (SSSR count). The number of carbonyl (C=O) groups is 1. The van der Waals surface area contributed by atoms with E-state index in [1.54, 1.807) is 0 Å². The van der Waals surface area contributed by atoms with E-state index in [0.717, 1.165) is 12.0 Å². The number of hydrogen-bond donors (Lipinski definition) is 2. The van der Waals surface area contributed by atoms with E-state index in [1.165, 1.54) is 0 Å². The minimum atomic E-state index is -1.87. The van der Waals surface area contributed by atoms with Crippen molar-refractivity contribution in [1.29, 1.82) is 0 Å². The molecule has 4 nitrogen and oxygen atoms in total.